The highest BCUT2D eigenvalue weighted by atomic mass is 32.1. The molecule has 4 heterocycles. The number of aryl methyl sites for hydroxylation is 1. The van der Waals surface area contributed by atoms with Crippen molar-refractivity contribution in [2.24, 2.45) is 5.41 Å². The van der Waals surface area contributed by atoms with Crippen LogP contribution in [-0.4, -0.2) is 98.0 Å². The molecule has 16 heteroatoms. The summed E-state index contributed by atoms with van der Waals surface area (Å²) in [6.07, 6.45) is 5.12. The van der Waals surface area contributed by atoms with Crippen molar-refractivity contribution in [1.29, 1.82) is 0 Å². The van der Waals surface area contributed by atoms with Gasteiger partial charge >= 0.3 is 0 Å². The molecule has 3 aromatic carbocycles. The Balaban J connectivity index is 0.857. The Hall–Kier alpha value is -5.84. The van der Waals surface area contributed by atoms with Gasteiger partial charge in [-0.3, -0.25) is 24.1 Å². The second-order valence-electron chi connectivity index (χ2n) is 20.5. The molecule has 5 N–H and O–H groups in total. The molecule has 2 aliphatic rings. The molecule has 12 nitrogen and oxygen atoms in total. The zero-order valence-electron chi connectivity index (χ0n) is 41.1. The number of nitrogens with zero attached hydrogens (tertiary/aromatic N) is 3. The summed E-state index contributed by atoms with van der Waals surface area (Å²) in [5.41, 5.74) is 4.80. The lowest BCUT2D eigenvalue weighted by Gasteiger charge is -2.43. The Bertz CT molecular complexity index is 2680. The van der Waals surface area contributed by atoms with E-state index in [4.69, 9.17) is 0 Å². The first-order valence-electron chi connectivity index (χ1n) is 24.2. The fraction of sp³-hybridized carbons (Fsp3) is 0.463. The maximum absolute atomic E-state index is 16.1. The summed E-state index contributed by atoms with van der Waals surface area (Å²) in [6.45, 7) is 12.9. The van der Waals surface area contributed by atoms with E-state index in [0.717, 1.165) is 38.2 Å². The zero-order valence-corrected chi connectivity index (χ0v) is 42.0. The number of likely N-dealkylation sites (tertiary alicyclic amines) is 1. The van der Waals surface area contributed by atoms with Crippen molar-refractivity contribution >= 4 is 51.9 Å². The van der Waals surface area contributed by atoms with Crippen molar-refractivity contribution < 1.29 is 37.5 Å². The van der Waals surface area contributed by atoms with E-state index < -0.39 is 58.8 Å². The van der Waals surface area contributed by atoms with Crippen molar-refractivity contribution in [3.05, 3.63) is 118 Å². The van der Waals surface area contributed by atoms with Crippen LogP contribution in [0.1, 0.15) is 120 Å². The first-order chi connectivity index (χ1) is 33.2. The summed E-state index contributed by atoms with van der Waals surface area (Å²) in [5.74, 6) is -3.13. The lowest BCUT2D eigenvalue weighted by molar-refractivity contribution is -0.144. The Kier molecular flexibility index (Phi) is 16.4. The van der Waals surface area contributed by atoms with Crippen LogP contribution in [0.3, 0.4) is 0 Å². The highest BCUT2D eigenvalue weighted by Crippen LogP contribution is 2.43. The largest absolute Gasteiger partial charge is 0.391 e. The standard InChI is InChI=1S/C54H66F3N7O5S/c1-32-24-39-38-14-11-12-15-42(38)61-47(39)48(64(32)30-54(6,7)57)46-40(55)25-35(26-41(46)56)19-22-44(66)58-23-13-9-8-10-16-45(67)62-50(53(3,4)5)52(69)63-29-37(65)27-43(63)51(68)59-28-34-17-20-36(21-18-34)49-33(2)60-31-70-49/h11-12,14-15,17-22,25-26,31-32,37,43,48,50,61,65H,8-10,13,16,23-24,27-30H2,1-7H3,(H,58,66)(H,59,68)(H,62,67)/b22-19+/t32-,37-,43+,48-,50-/m1/s1. The first kappa shape index (κ1) is 52.0. The van der Waals surface area contributed by atoms with E-state index in [2.05, 4.69) is 25.9 Å². The van der Waals surface area contributed by atoms with E-state index in [1.807, 2.05) is 88.0 Å². The van der Waals surface area contributed by atoms with Crippen LogP contribution >= 0.6 is 11.3 Å². The summed E-state index contributed by atoms with van der Waals surface area (Å²) in [7, 11) is 0. The van der Waals surface area contributed by atoms with Crippen LogP contribution in [0.4, 0.5) is 13.2 Å². The third kappa shape index (κ3) is 12.5. The maximum Gasteiger partial charge on any atom is 0.246 e. The zero-order chi connectivity index (χ0) is 50.5. The van der Waals surface area contributed by atoms with E-state index in [1.54, 1.807) is 16.8 Å². The number of unbranched alkanes of at least 4 members (excludes halogenated alkanes) is 3. The molecule has 0 saturated carbocycles. The summed E-state index contributed by atoms with van der Waals surface area (Å²) in [4.78, 5) is 65.4. The first-order valence-corrected chi connectivity index (χ1v) is 25.1. The topological polar surface area (TPSA) is 160 Å². The lowest BCUT2D eigenvalue weighted by atomic mass is 9.85. The van der Waals surface area contributed by atoms with Crippen LogP contribution in [-0.2, 0) is 32.1 Å². The SMILES string of the molecule is Cc1ncsc1-c1ccc(CNC(=O)[C@@H]2C[C@@H](O)CN2C(=O)[C@@H](NC(=O)CCCCCCNC(=O)/C=C/c2cc(F)c([C@@H]3c4[nH]c5ccccc5c4C[C@@H](C)N3CC(C)(C)F)c(F)c2)C(C)(C)C)cc1. The number of aromatic nitrogens is 2. The number of fused-ring (bicyclic) bond motifs is 3. The molecule has 0 bridgehead atoms. The van der Waals surface area contributed by atoms with Crippen molar-refractivity contribution in [3.8, 4) is 10.4 Å². The Labute approximate surface area is 412 Å². The van der Waals surface area contributed by atoms with Crippen LogP contribution in [0.2, 0.25) is 0 Å². The van der Waals surface area contributed by atoms with Gasteiger partial charge in [-0.1, -0.05) is 76.1 Å². The van der Waals surface area contributed by atoms with Crippen molar-refractivity contribution in [1.82, 2.24) is 35.7 Å². The van der Waals surface area contributed by atoms with E-state index in [1.165, 1.54) is 43.0 Å². The molecule has 2 aromatic heterocycles. The third-order valence-corrected chi connectivity index (χ3v) is 14.2. The lowest BCUT2D eigenvalue weighted by Crippen LogP contribution is -2.57. The van der Waals surface area contributed by atoms with E-state index in [0.29, 0.717) is 44.3 Å². The fourth-order valence-corrected chi connectivity index (χ4v) is 10.5. The van der Waals surface area contributed by atoms with E-state index >= 15 is 13.2 Å². The number of thiazole rings is 1. The molecular weight excluding hydrogens is 916 g/mol. The quantitative estimate of drug-likeness (QED) is 0.0434. The molecule has 374 valence electrons. The number of nitrogens with one attached hydrogen (secondary N) is 4. The van der Waals surface area contributed by atoms with Gasteiger partial charge in [0, 0.05) is 73.3 Å². The Morgan fingerprint density at radius 2 is 1.67 bits per heavy atom. The molecule has 0 aliphatic carbocycles. The number of halogens is 3. The average Bonchev–Trinajstić information content (AvgIpc) is 4.02. The number of carbonyl (C=O) groups excluding carboxylic acids is 4. The molecule has 4 amide bonds. The molecule has 70 heavy (non-hydrogen) atoms. The number of aliphatic hydroxyl groups excluding tert-OH is 1. The number of carbonyl (C=O) groups is 4. The number of para-hydroxylation sites is 1. The van der Waals surface area contributed by atoms with Gasteiger partial charge in [-0.05, 0) is 98.9 Å². The van der Waals surface area contributed by atoms with Gasteiger partial charge in [0.15, 0.2) is 0 Å². The third-order valence-electron chi connectivity index (χ3n) is 13.2. The van der Waals surface area contributed by atoms with E-state index in [9.17, 15) is 24.3 Å². The minimum absolute atomic E-state index is 0.0202. The number of hydrogen-bond acceptors (Lipinski definition) is 8. The van der Waals surface area contributed by atoms with Crippen LogP contribution < -0.4 is 16.0 Å². The molecule has 5 aromatic rings. The summed E-state index contributed by atoms with van der Waals surface area (Å²) in [5, 5.41) is 20.2. The van der Waals surface area contributed by atoms with Crippen molar-refractivity contribution in [3.63, 3.8) is 0 Å². The number of aromatic amines is 1. The van der Waals surface area contributed by atoms with Gasteiger partial charge in [-0.15, -0.1) is 11.3 Å². The summed E-state index contributed by atoms with van der Waals surface area (Å²) >= 11 is 1.56. The Morgan fingerprint density at radius 1 is 0.971 bits per heavy atom. The van der Waals surface area contributed by atoms with Gasteiger partial charge in [0.1, 0.15) is 29.4 Å². The van der Waals surface area contributed by atoms with Gasteiger partial charge < -0.3 is 30.9 Å². The van der Waals surface area contributed by atoms with Gasteiger partial charge in [0.25, 0.3) is 0 Å². The number of H-pyrrole nitrogens is 1. The molecule has 1 fully saturated rings. The number of benzene rings is 3. The number of alkyl halides is 1. The fourth-order valence-electron chi connectivity index (χ4n) is 9.68. The van der Waals surface area contributed by atoms with Crippen LogP contribution in [0.25, 0.3) is 27.4 Å². The number of rotatable bonds is 18. The molecule has 7 rings (SSSR count). The average molecular weight is 982 g/mol. The van der Waals surface area contributed by atoms with Crippen molar-refractivity contribution in [2.45, 2.75) is 136 Å². The summed E-state index contributed by atoms with van der Waals surface area (Å²) < 4.78 is 47.4. The normalized spacial score (nSPS) is 19.1. The summed E-state index contributed by atoms with van der Waals surface area (Å²) in [6, 6.07) is 15.0. The second-order valence-corrected chi connectivity index (χ2v) is 21.4. The Morgan fingerprint density at radius 3 is 2.34 bits per heavy atom. The molecule has 2 aliphatic heterocycles. The molecule has 0 unspecified atom stereocenters. The number of β-amino-alcohol motifs (C(OH)–C–C–N with tert-alkyl or cyclic N) is 1. The maximum atomic E-state index is 16.1. The molecular formula is C54H66F3N7O5S. The highest BCUT2D eigenvalue weighted by molar-refractivity contribution is 7.13. The predicted molar refractivity (Wildman–Crippen MR) is 268 cm³/mol. The van der Waals surface area contributed by atoms with E-state index in [-0.39, 0.29) is 61.5 Å². The van der Waals surface area contributed by atoms with Crippen LogP contribution in [0.5, 0.6) is 0 Å². The highest BCUT2D eigenvalue weighted by Gasteiger charge is 2.45. The van der Waals surface area contributed by atoms with Gasteiger partial charge in [0.05, 0.1) is 28.2 Å². The number of amides is 4. The number of aliphatic hydroxyl groups is 1. The van der Waals surface area contributed by atoms with Gasteiger partial charge in [0.2, 0.25) is 23.6 Å². The van der Waals surface area contributed by atoms with Gasteiger partial charge in [-0.25, -0.2) is 18.2 Å². The monoisotopic (exact) mass is 981 g/mol. The molecule has 0 spiro atoms. The predicted octanol–water partition coefficient (Wildman–Crippen LogP) is 8.85. The van der Waals surface area contributed by atoms with Crippen molar-refractivity contribution in [2.75, 3.05) is 19.6 Å². The smallest absolute Gasteiger partial charge is 0.246 e. The molecule has 1 saturated heterocycles. The molecule has 0 radical (unpaired) electrons. The van der Waals surface area contributed by atoms with Crippen LogP contribution in [0, 0.1) is 24.0 Å². The minimum atomic E-state index is -1.62. The second kappa shape index (κ2) is 22.1. The minimum Gasteiger partial charge on any atom is -0.391 e. The number of hydrogen-bond donors (Lipinski definition) is 5. The molecule has 5 atom stereocenters. The van der Waals surface area contributed by atoms with Crippen LogP contribution in [0.15, 0.2) is 72.3 Å². The van der Waals surface area contributed by atoms with Gasteiger partial charge in [-0.2, -0.15) is 0 Å².